The first-order valence-electron chi connectivity index (χ1n) is 9.32. The summed E-state index contributed by atoms with van der Waals surface area (Å²) in [6.07, 6.45) is 0.591. The van der Waals surface area contributed by atoms with Crippen molar-refractivity contribution in [3.8, 4) is 16.9 Å². The van der Waals surface area contributed by atoms with Crippen LogP contribution in [0.15, 0.2) is 65.8 Å². The van der Waals surface area contributed by atoms with Crippen LogP contribution in [0.25, 0.3) is 11.1 Å². The molecule has 0 amide bonds. The van der Waals surface area contributed by atoms with Crippen LogP contribution in [0.3, 0.4) is 0 Å². The van der Waals surface area contributed by atoms with Crippen LogP contribution in [0, 0.1) is 0 Å². The Morgan fingerprint density at radius 1 is 1.17 bits per heavy atom. The number of alkyl halides is 3. The molecular weight excluding hydrogens is 397 g/mol. The number of aryl methyl sites for hydroxylation is 2. The highest BCUT2D eigenvalue weighted by molar-refractivity contribution is 5.64. The van der Waals surface area contributed by atoms with Gasteiger partial charge in [0.05, 0.1) is 6.10 Å². The largest absolute Gasteiger partial charge is 0.491 e. The van der Waals surface area contributed by atoms with E-state index >= 15 is 0 Å². The molecule has 0 radical (unpaired) electrons. The Morgan fingerprint density at radius 2 is 1.90 bits per heavy atom. The number of hydrogen-bond acceptors (Lipinski definition) is 4. The van der Waals surface area contributed by atoms with E-state index in [1.54, 1.807) is 36.7 Å². The second-order valence-corrected chi connectivity index (χ2v) is 6.95. The lowest BCUT2D eigenvalue weighted by Crippen LogP contribution is -2.26. The summed E-state index contributed by atoms with van der Waals surface area (Å²) in [5.41, 5.74) is -0.490. The highest BCUT2D eigenvalue weighted by atomic mass is 19.4. The molecule has 0 unspecified atom stereocenters. The van der Waals surface area contributed by atoms with E-state index in [1.165, 1.54) is 13.2 Å². The van der Waals surface area contributed by atoms with Gasteiger partial charge in [0, 0.05) is 25.6 Å². The molecule has 8 heteroatoms. The van der Waals surface area contributed by atoms with E-state index in [4.69, 9.17) is 4.74 Å². The molecule has 5 nitrogen and oxygen atoms in total. The molecular formula is C22H21F3N2O3. The number of nitrogens with zero attached hydrogens (tertiary/aromatic N) is 2. The van der Waals surface area contributed by atoms with Crippen LogP contribution in [-0.2, 0) is 19.6 Å². The molecule has 0 aliphatic heterocycles. The minimum Gasteiger partial charge on any atom is -0.491 e. The Hall–Kier alpha value is -3.13. The van der Waals surface area contributed by atoms with E-state index in [1.807, 2.05) is 12.1 Å². The van der Waals surface area contributed by atoms with E-state index < -0.39 is 23.4 Å². The maximum absolute atomic E-state index is 13.1. The van der Waals surface area contributed by atoms with E-state index in [0.717, 1.165) is 16.2 Å². The van der Waals surface area contributed by atoms with E-state index in [9.17, 15) is 23.1 Å². The van der Waals surface area contributed by atoms with E-state index in [0.29, 0.717) is 24.2 Å². The second-order valence-electron chi connectivity index (χ2n) is 6.95. The summed E-state index contributed by atoms with van der Waals surface area (Å²) >= 11 is 0. The first kappa shape index (κ1) is 21.6. The summed E-state index contributed by atoms with van der Waals surface area (Å²) < 4.78 is 45.7. The van der Waals surface area contributed by atoms with Gasteiger partial charge in [-0.25, -0.2) is 0 Å². The monoisotopic (exact) mass is 418 g/mol. The lowest BCUT2D eigenvalue weighted by atomic mass is 10.1. The number of benzene rings is 1. The zero-order valence-electron chi connectivity index (χ0n) is 16.3. The molecule has 1 aromatic carbocycles. The molecule has 0 aliphatic carbocycles. The zero-order valence-corrected chi connectivity index (χ0v) is 16.3. The summed E-state index contributed by atoms with van der Waals surface area (Å²) in [7, 11) is 1.28. The third-order valence-electron chi connectivity index (χ3n) is 4.61. The minimum absolute atomic E-state index is 0.0949. The topological polar surface area (TPSA) is 64.3 Å². The quantitative estimate of drug-likeness (QED) is 0.633. The Bertz CT molecular complexity index is 1030. The van der Waals surface area contributed by atoms with Crippen LogP contribution >= 0.6 is 0 Å². The number of ether oxygens (including phenoxy) is 1. The van der Waals surface area contributed by atoms with Crippen molar-refractivity contribution < 1.29 is 23.0 Å². The maximum atomic E-state index is 13.1. The molecule has 1 N–H and O–H groups in total. The van der Waals surface area contributed by atoms with Crippen molar-refractivity contribution >= 4 is 0 Å². The number of aromatic nitrogens is 2. The molecule has 0 saturated heterocycles. The van der Waals surface area contributed by atoms with Gasteiger partial charge in [0.25, 0.3) is 5.56 Å². The van der Waals surface area contributed by atoms with Gasteiger partial charge < -0.3 is 14.4 Å². The number of halogens is 3. The second kappa shape index (κ2) is 9.13. The SMILES string of the molecule is Cn1cc(-c2ccc(OC[C@H](O)CCc3cccnc3)cc2)cc(C(F)(F)F)c1=O. The number of aliphatic hydroxyl groups excluding tert-OH is 1. The fourth-order valence-corrected chi connectivity index (χ4v) is 2.97. The highest BCUT2D eigenvalue weighted by Gasteiger charge is 2.34. The Labute approximate surface area is 171 Å². The molecule has 0 spiro atoms. The Morgan fingerprint density at radius 3 is 2.53 bits per heavy atom. The predicted octanol–water partition coefficient (Wildman–Crippen LogP) is 3.84. The third kappa shape index (κ3) is 5.48. The normalized spacial score (nSPS) is 12.6. The fourth-order valence-electron chi connectivity index (χ4n) is 2.97. The molecule has 0 bridgehead atoms. The van der Waals surface area contributed by atoms with Crippen molar-refractivity contribution in [2.45, 2.75) is 25.1 Å². The summed E-state index contributed by atoms with van der Waals surface area (Å²) in [5.74, 6) is 0.486. The van der Waals surface area contributed by atoms with Crippen LogP contribution < -0.4 is 10.3 Å². The Balaban J connectivity index is 1.63. The first-order valence-corrected chi connectivity index (χ1v) is 9.32. The van der Waals surface area contributed by atoms with Gasteiger partial charge in [0.1, 0.15) is 17.9 Å². The van der Waals surface area contributed by atoms with Crippen LogP contribution in [-0.4, -0.2) is 27.4 Å². The molecule has 3 aromatic rings. The van der Waals surface area contributed by atoms with Gasteiger partial charge in [0.15, 0.2) is 0 Å². The highest BCUT2D eigenvalue weighted by Crippen LogP contribution is 2.30. The average molecular weight is 418 g/mol. The number of aliphatic hydroxyl groups is 1. The molecule has 2 aromatic heterocycles. The van der Waals surface area contributed by atoms with Crippen molar-refractivity contribution in [1.82, 2.24) is 9.55 Å². The zero-order chi connectivity index (χ0) is 21.7. The smallest absolute Gasteiger partial charge is 0.421 e. The Kier molecular flexibility index (Phi) is 6.56. The van der Waals surface area contributed by atoms with Crippen LogP contribution in [0.2, 0.25) is 0 Å². The van der Waals surface area contributed by atoms with Crippen molar-refractivity contribution in [1.29, 1.82) is 0 Å². The molecule has 1 atom stereocenters. The number of pyridine rings is 2. The molecule has 0 fully saturated rings. The molecule has 2 heterocycles. The molecule has 3 rings (SSSR count). The minimum atomic E-state index is -4.72. The molecule has 30 heavy (non-hydrogen) atoms. The maximum Gasteiger partial charge on any atom is 0.421 e. The van der Waals surface area contributed by atoms with Gasteiger partial charge in [0.2, 0.25) is 0 Å². The van der Waals surface area contributed by atoms with Gasteiger partial charge in [-0.05, 0) is 53.8 Å². The third-order valence-corrected chi connectivity index (χ3v) is 4.61. The van der Waals surface area contributed by atoms with Crippen LogP contribution in [0.4, 0.5) is 13.2 Å². The van der Waals surface area contributed by atoms with Crippen LogP contribution in [0.1, 0.15) is 17.5 Å². The van der Waals surface area contributed by atoms with Crippen molar-refractivity contribution in [3.63, 3.8) is 0 Å². The standard InChI is InChI=1S/C22H21F3N2O3/c1-27-13-17(11-20(21(27)29)22(23,24)25)16-5-8-19(9-6-16)30-14-18(28)7-4-15-3-2-10-26-12-15/h2-3,5-6,8-13,18,28H,4,7,14H2,1H3/t18-/m1/s1. The predicted molar refractivity (Wildman–Crippen MR) is 106 cm³/mol. The first-order chi connectivity index (χ1) is 14.2. The van der Waals surface area contributed by atoms with Crippen LogP contribution in [0.5, 0.6) is 5.75 Å². The van der Waals surface area contributed by atoms with Gasteiger partial charge in [-0.15, -0.1) is 0 Å². The summed E-state index contributed by atoms with van der Waals surface area (Å²) in [6.45, 7) is 0.0949. The fraction of sp³-hybridized carbons (Fsp3) is 0.273. The van der Waals surface area contributed by atoms with Crippen molar-refractivity contribution in [2.75, 3.05) is 6.61 Å². The van der Waals surface area contributed by atoms with Crippen molar-refractivity contribution in [3.05, 3.63) is 82.5 Å². The van der Waals surface area contributed by atoms with Gasteiger partial charge >= 0.3 is 6.18 Å². The summed E-state index contributed by atoms with van der Waals surface area (Å²) in [6, 6.07) is 11.1. The molecule has 158 valence electrons. The van der Waals surface area contributed by atoms with E-state index in [-0.39, 0.29) is 12.2 Å². The summed E-state index contributed by atoms with van der Waals surface area (Å²) in [5, 5.41) is 10.1. The molecule has 0 aliphatic rings. The summed E-state index contributed by atoms with van der Waals surface area (Å²) in [4.78, 5) is 15.8. The van der Waals surface area contributed by atoms with Gasteiger partial charge in [-0.2, -0.15) is 13.2 Å². The van der Waals surface area contributed by atoms with E-state index in [2.05, 4.69) is 4.98 Å². The van der Waals surface area contributed by atoms with Crippen molar-refractivity contribution in [2.24, 2.45) is 7.05 Å². The van der Waals surface area contributed by atoms with Gasteiger partial charge in [-0.3, -0.25) is 9.78 Å². The number of hydrogen-bond donors (Lipinski definition) is 1. The number of rotatable bonds is 7. The van der Waals surface area contributed by atoms with Gasteiger partial charge in [-0.1, -0.05) is 18.2 Å². The average Bonchev–Trinajstić information content (AvgIpc) is 2.73. The lowest BCUT2D eigenvalue weighted by molar-refractivity contribution is -0.138. The molecule has 0 saturated carbocycles. The lowest BCUT2D eigenvalue weighted by Gasteiger charge is -2.13.